The van der Waals surface area contributed by atoms with Crippen LogP contribution in [-0.4, -0.2) is 44.7 Å². The molecule has 0 bridgehead atoms. The number of rotatable bonds is 5. The number of halogens is 3. The molecule has 4 heterocycles. The number of nitrogens with two attached hydrogens (primary N) is 1. The first kappa shape index (κ1) is 21.4. The van der Waals surface area contributed by atoms with Gasteiger partial charge in [-0.3, -0.25) is 0 Å². The molecule has 5 rings (SSSR count). The summed E-state index contributed by atoms with van der Waals surface area (Å²) in [5.41, 5.74) is 8.51. The van der Waals surface area contributed by atoms with Gasteiger partial charge in [-0.25, -0.2) is 29.3 Å². The second kappa shape index (κ2) is 8.17. The molecule has 0 aliphatic heterocycles. The Morgan fingerprint density at radius 2 is 1.76 bits per heavy atom. The van der Waals surface area contributed by atoms with Crippen LogP contribution in [0, 0.1) is 0 Å². The van der Waals surface area contributed by atoms with Crippen molar-refractivity contribution in [1.29, 1.82) is 0 Å². The maximum Gasteiger partial charge on any atom is 0.451 e. The highest BCUT2D eigenvalue weighted by Gasteiger charge is 2.34. The third-order valence-electron chi connectivity index (χ3n) is 5.25. The van der Waals surface area contributed by atoms with Gasteiger partial charge in [0.25, 0.3) is 0 Å². The summed E-state index contributed by atoms with van der Waals surface area (Å²) >= 11 is 0. The number of nitrogen functional groups attached to an aromatic ring is 1. The van der Waals surface area contributed by atoms with Gasteiger partial charge in [-0.1, -0.05) is 30.3 Å². The normalized spacial score (nSPS) is 12.8. The standard InChI is InChI=1S/C21H17F3N10/c1-2-15(14-10-33(32-30-14)13-6-4-3-5-7-13)34-19-16(18(25)28-11-29-19)17(31-34)12-8-26-20(27-9-12)21(22,23)24/h3-11,15H,2H2,1H3,(H2,25,28,29)/t15-/m1/s1. The van der Waals surface area contributed by atoms with Gasteiger partial charge in [0.15, 0.2) is 5.65 Å². The van der Waals surface area contributed by atoms with Crippen molar-refractivity contribution in [1.82, 2.24) is 44.7 Å². The van der Waals surface area contributed by atoms with Gasteiger partial charge in [-0.2, -0.15) is 18.3 Å². The average Bonchev–Trinajstić information content (AvgIpc) is 3.47. The van der Waals surface area contributed by atoms with Crippen molar-refractivity contribution < 1.29 is 13.2 Å². The molecule has 0 aliphatic rings. The van der Waals surface area contributed by atoms with E-state index >= 15 is 0 Å². The highest BCUT2D eigenvalue weighted by molar-refractivity contribution is 5.98. The Kier molecular flexibility index (Phi) is 5.15. The van der Waals surface area contributed by atoms with E-state index in [1.807, 2.05) is 37.3 Å². The summed E-state index contributed by atoms with van der Waals surface area (Å²) in [5, 5.41) is 13.6. The van der Waals surface area contributed by atoms with Gasteiger partial charge in [-0.05, 0) is 18.6 Å². The van der Waals surface area contributed by atoms with Gasteiger partial charge in [0.2, 0.25) is 5.82 Å². The molecule has 0 fully saturated rings. The molecule has 0 spiro atoms. The summed E-state index contributed by atoms with van der Waals surface area (Å²) in [6, 6.07) is 9.13. The smallest absolute Gasteiger partial charge is 0.383 e. The van der Waals surface area contributed by atoms with E-state index < -0.39 is 12.0 Å². The number of hydrogen-bond acceptors (Lipinski definition) is 8. The van der Waals surface area contributed by atoms with E-state index in [4.69, 9.17) is 5.73 Å². The van der Waals surface area contributed by atoms with Crippen molar-refractivity contribution in [2.45, 2.75) is 25.6 Å². The third-order valence-corrected chi connectivity index (χ3v) is 5.25. The second-order valence-corrected chi connectivity index (χ2v) is 7.39. The maximum atomic E-state index is 12.9. The predicted octanol–water partition coefficient (Wildman–Crippen LogP) is 3.46. The Balaban J connectivity index is 1.62. The third kappa shape index (κ3) is 3.70. The van der Waals surface area contributed by atoms with Crippen LogP contribution in [0.3, 0.4) is 0 Å². The fourth-order valence-corrected chi connectivity index (χ4v) is 3.66. The zero-order valence-corrected chi connectivity index (χ0v) is 17.7. The number of aromatic nitrogens is 9. The minimum Gasteiger partial charge on any atom is -0.383 e. The Hall–Kier alpha value is -4.42. The minimum absolute atomic E-state index is 0.133. The van der Waals surface area contributed by atoms with Crippen LogP contribution < -0.4 is 5.73 Å². The van der Waals surface area contributed by atoms with Crippen LogP contribution in [0.2, 0.25) is 0 Å². The Bertz CT molecular complexity index is 1440. The van der Waals surface area contributed by atoms with Crippen LogP contribution in [0.1, 0.15) is 30.9 Å². The van der Waals surface area contributed by atoms with Crippen LogP contribution >= 0.6 is 0 Å². The molecule has 4 aromatic heterocycles. The second-order valence-electron chi connectivity index (χ2n) is 7.39. The molecule has 34 heavy (non-hydrogen) atoms. The number of hydrogen-bond donors (Lipinski definition) is 1. The molecule has 1 aromatic carbocycles. The van der Waals surface area contributed by atoms with Gasteiger partial charge in [0.05, 0.1) is 23.3 Å². The molecule has 0 radical (unpaired) electrons. The Morgan fingerprint density at radius 1 is 1.03 bits per heavy atom. The van der Waals surface area contributed by atoms with Crippen molar-refractivity contribution in [2.75, 3.05) is 5.73 Å². The fourth-order valence-electron chi connectivity index (χ4n) is 3.66. The number of benzene rings is 1. The molecule has 5 aromatic rings. The molecular formula is C21H17F3N10. The van der Waals surface area contributed by atoms with Crippen molar-refractivity contribution in [3.8, 4) is 16.9 Å². The van der Waals surface area contributed by atoms with E-state index in [1.165, 1.54) is 6.33 Å². The van der Waals surface area contributed by atoms with Crippen molar-refractivity contribution in [3.05, 3.63) is 66.8 Å². The quantitative estimate of drug-likeness (QED) is 0.417. The van der Waals surface area contributed by atoms with Gasteiger partial charge >= 0.3 is 6.18 Å². The molecule has 0 unspecified atom stereocenters. The molecule has 0 amide bonds. The van der Waals surface area contributed by atoms with Crippen LogP contribution in [0.15, 0.2) is 55.2 Å². The predicted molar refractivity (Wildman–Crippen MR) is 116 cm³/mol. The Morgan fingerprint density at radius 3 is 2.44 bits per heavy atom. The lowest BCUT2D eigenvalue weighted by Crippen LogP contribution is -2.13. The van der Waals surface area contributed by atoms with Crippen LogP contribution in [0.5, 0.6) is 0 Å². The Labute approximate surface area is 190 Å². The number of nitrogens with zero attached hydrogens (tertiary/aromatic N) is 9. The van der Waals surface area contributed by atoms with Gasteiger partial charge < -0.3 is 5.73 Å². The molecular weight excluding hydrogens is 449 g/mol. The van der Waals surface area contributed by atoms with Crippen LogP contribution in [-0.2, 0) is 6.18 Å². The number of anilines is 1. The molecule has 10 nitrogen and oxygen atoms in total. The van der Waals surface area contributed by atoms with Crippen molar-refractivity contribution in [2.24, 2.45) is 0 Å². The summed E-state index contributed by atoms with van der Waals surface area (Å²) < 4.78 is 42.0. The number of alkyl halides is 3. The summed E-state index contributed by atoms with van der Waals surface area (Å²) in [7, 11) is 0. The van der Waals surface area contributed by atoms with Gasteiger partial charge in [0.1, 0.15) is 23.5 Å². The summed E-state index contributed by atoms with van der Waals surface area (Å²) in [6.07, 6.45) is 1.14. The lowest BCUT2D eigenvalue weighted by molar-refractivity contribution is -0.144. The van der Waals surface area contributed by atoms with Crippen LogP contribution in [0.25, 0.3) is 28.0 Å². The maximum absolute atomic E-state index is 12.9. The molecule has 0 saturated heterocycles. The highest BCUT2D eigenvalue weighted by Crippen LogP contribution is 2.34. The van der Waals surface area contributed by atoms with Gasteiger partial charge in [0, 0.05) is 18.0 Å². The molecule has 172 valence electrons. The van der Waals surface area contributed by atoms with Crippen molar-refractivity contribution in [3.63, 3.8) is 0 Å². The summed E-state index contributed by atoms with van der Waals surface area (Å²) in [4.78, 5) is 15.2. The SMILES string of the molecule is CC[C@H](c1cn(-c2ccccc2)nn1)n1nc(-c2cnc(C(F)(F)F)nc2)c2c(N)ncnc21. The molecule has 0 aliphatic carbocycles. The topological polar surface area (TPSA) is 126 Å². The van der Waals surface area contributed by atoms with E-state index in [0.29, 0.717) is 23.1 Å². The van der Waals surface area contributed by atoms with Gasteiger partial charge in [-0.15, -0.1) is 5.10 Å². The number of fused-ring (bicyclic) bond motifs is 1. The first-order valence-electron chi connectivity index (χ1n) is 10.2. The van der Waals surface area contributed by atoms with E-state index in [0.717, 1.165) is 18.1 Å². The molecule has 2 N–H and O–H groups in total. The van der Waals surface area contributed by atoms with E-state index in [-0.39, 0.29) is 23.1 Å². The van der Waals surface area contributed by atoms with Crippen LogP contribution in [0.4, 0.5) is 19.0 Å². The van der Waals surface area contributed by atoms with E-state index in [2.05, 4.69) is 35.3 Å². The zero-order chi connectivity index (χ0) is 23.9. The average molecular weight is 466 g/mol. The lowest BCUT2D eigenvalue weighted by Gasteiger charge is -2.13. The molecule has 0 saturated carbocycles. The molecule has 1 atom stereocenters. The monoisotopic (exact) mass is 466 g/mol. The largest absolute Gasteiger partial charge is 0.451 e. The zero-order valence-electron chi connectivity index (χ0n) is 17.7. The fraction of sp³-hybridized carbons (Fsp3) is 0.190. The highest BCUT2D eigenvalue weighted by atomic mass is 19.4. The number of para-hydroxylation sites is 1. The van der Waals surface area contributed by atoms with Crippen molar-refractivity contribution >= 4 is 16.9 Å². The first-order valence-corrected chi connectivity index (χ1v) is 10.2. The molecule has 13 heteroatoms. The summed E-state index contributed by atoms with van der Waals surface area (Å²) in [6.45, 7) is 1.95. The van der Waals surface area contributed by atoms with E-state index in [9.17, 15) is 13.2 Å². The minimum atomic E-state index is -4.65. The summed E-state index contributed by atoms with van der Waals surface area (Å²) in [5.74, 6) is -1.11. The van der Waals surface area contributed by atoms with E-state index in [1.54, 1.807) is 15.6 Å². The lowest BCUT2D eigenvalue weighted by atomic mass is 10.1. The first-order chi connectivity index (χ1) is 16.4.